The Kier molecular flexibility index (Phi) is 3.05. The van der Waals surface area contributed by atoms with Crippen LogP contribution in [-0.4, -0.2) is 21.0 Å². The lowest BCUT2D eigenvalue weighted by atomic mass is 10.0. The van der Waals surface area contributed by atoms with Gasteiger partial charge in [-0.1, -0.05) is 24.3 Å². The average Bonchev–Trinajstić information content (AvgIpc) is 2.53. The summed E-state index contributed by atoms with van der Waals surface area (Å²) < 4.78 is 0. The summed E-state index contributed by atoms with van der Waals surface area (Å²) in [6, 6.07) is 14.4. The van der Waals surface area contributed by atoms with Crippen LogP contribution in [0.5, 0.6) is 0 Å². The lowest BCUT2D eigenvalue weighted by Gasteiger charge is -2.08. The van der Waals surface area contributed by atoms with E-state index in [9.17, 15) is 15.2 Å². The normalized spacial score (nSPS) is 10.2. The van der Waals surface area contributed by atoms with Crippen molar-refractivity contribution in [3.8, 4) is 17.2 Å². The van der Waals surface area contributed by atoms with Crippen LogP contribution in [0.4, 0.5) is 0 Å². The van der Waals surface area contributed by atoms with Crippen molar-refractivity contribution in [3.05, 3.63) is 60.0 Å². The maximum absolute atomic E-state index is 11.3. The summed E-state index contributed by atoms with van der Waals surface area (Å²) in [7, 11) is 0. The Balaban J connectivity index is 2.35. The molecule has 21 heavy (non-hydrogen) atoms. The number of carboxylic acid groups (broad SMARTS) is 1. The van der Waals surface area contributed by atoms with Crippen molar-refractivity contribution in [2.45, 2.75) is 0 Å². The number of nitrogens with zero attached hydrogens (tertiary/aromatic N) is 3. The van der Waals surface area contributed by atoms with Crippen LogP contribution < -0.4 is 0 Å². The van der Waals surface area contributed by atoms with Gasteiger partial charge in [0.05, 0.1) is 5.52 Å². The lowest BCUT2D eigenvalue weighted by Crippen LogP contribution is -2.04. The summed E-state index contributed by atoms with van der Waals surface area (Å²) in [4.78, 5) is 19.5. The quantitative estimate of drug-likeness (QED) is 0.777. The van der Waals surface area contributed by atoms with E-state index in [2.05, 4.69) is 9.97 Å². The highest BCUT2D eigenvalue weighted by molar-refractivity contribution is 5.96. The largest absolute Gasteiger partial charge is 0.476 e. The van der Waals surface area contributed by atoms with Gasteiger partial charge in [0.1, 0.15) is 11.8 Å². The van der Waals surface area contributed by atoms with Crippen LogP contribution in [0.25, 0.3) is 22.0 Å². The molecule has 0 amide bonds. The zero-order valence-electron chi connectivity index (χ0n) is 10.8. The summed E-state index contributed by atoms with van der Waals surface area (Å²) in [5.74, 6) is -1.14. The SMILES string of the molecule is N#Cc1nc2ccccc2cc1-c1cccnc1C(=O)O. The Morgan fingerprint density at radius 2 is 1.95 bits per heavy atom. The number of hydrogen-bond acceptors (Lipinski definition) is 4. The fourth-order valence-electron chi connectivity index (χ4n) is 2.20. The van der Waals surface area contributed by atoms with Crippen LogP contribution in [0.2, 0.25) is 0 Å². The van der Waals surface area contributed by atoms with Gasteiger partial charge in [-0.05, 0) is 18.2 Å². The molecule has 0 fully saturated rings. The van der Waals surface area contributed by atoms with Gasteiger partial charge in [-0.15, -0.1) is 0 Å². The molecule has 5 heteroatoms. The third-order valence-corrected chi connectivity index (χ3v) is 3.13. The predicted molar refractivity (Wildman–Crippen MR) is 76.6 cm³/mol. The van der Waals surface area contributed by atoms with E-state index in [1.54, 1.807) is 24.3 Å². The first-order chi connectivity index (χ1) is 10.2. The van der Waals surface area contributed by atoms with Crippen LogP contribution in [-0.2, 0) is 0 Å². The van der Waals surface area contributed by atoms with Gasteiger partial charge in [-0.25, -0.2) is 14.8 Å². The molecule has 0 saturated carbocycles. The molecule has 0 aliphatic rings. The number of aromatic nitrogens is 2. The van der Waals surface area contributed by atoms with E-state index < -0.39 is 5.97 Å². The minimum Gasteiger partial charge on any atom is -0.476 e. The number of hydrogen-bond donors (Lipinski definition) is 1. The van der Waals surface area contributed by atoms with Crippen molar-refractivity contribution in [2.24, 2.45) is 0 Å². The van der Waals surface area contributed by atoms with Gasteiger partial charge in [0.25, 0.3) is 0 Å². The van der Waals surface area contributed by atoms with Crippen LogP contribution in [0.3, 0.4) is 0 Å². The molecule has 0 saturated heterocycles. The fraction of sp³-hybridized carbons (Fsp3) is 0. The van der Waals surface area contributed by atoms with Crippen molar-refractivity contribution in [3.63, 3.8) is 0 Å². The molecule has 100 valence electrons. The molecule has 1 aromatic carbocycles. The Labute approximate surface area is 120 Å². The van der Waals surface area contributed by atoms with Crippen molar-refractivity contribution in [2.75, 3.05) is 0 Å². The molecule has 0 spiro atoms. The molecular formula is C16H9N3O2. The number of pyridine rings is 2. The van der Waals surface area contributed by atoms with E-state index in [0.29, 0.717) is 16.6 Å². The highest BCUT2D eigenvalue weighted by Gasteiger charge is 2.17. The number of rotatable bonds is 2. The smallest absolute Gasteiger partial charge is 0.355 e. The third-order valence-electron chi connectivity index (χ3n) is 3.13. The van der Waals surface area contributed by atoms with Gasteiger partial charge in [0, 0.05) is 22.7 Å². The van der Waals surface area contributed by atoms with Gasteiger partial charge >= 0.3 is 5.97 Å². The van der Waals surface area contributed by atoms with Crippen LogP contribution >= 0.6 is 0 Å². The average molecular weight is 275 g/mol. The number of nitriles is 1. The van der Waals surface area contributed by atoms with Crippen molar-refractivity contribution in [1.29, 1.82) is 5.26 Å². The highest BCUT2D eigenvalue weighted by atomic mass is 16.4. The molecule has 0 radical (unpaired) electrons. The second kappa shape index (κ2) is 5.02. The standard InChI is InChI=1S/C16H9N3O2/c17-9-14-12(8-10-4-1-2-6-13(10)19-14)11-5-3-7-18-15(11)16(20)21/h1-8H,(H,20,21). The molecule has 5 nitrogen and oxygen atoms in total. The first-order valence-corrected chi connectivity index (χ1v) is 6.19. The summed E-state index contributed by atoms with van der Waals surface area (Å²) in [6.45, 7) is 0. The molecule has 0 unspecified atom stereocenters. The second-order valence-electron chi connectivity index (χ2n) is 4.39. The van der Waals surface area contributed by atoms with Gasteiger partial charge in [-0.3, -0.25) is 0 Å². The van der Waals surface area contributed by atoms with E-state index >= 15 is 0 Å². The van der Waals surface area contributed by atoms with Crippen molar-refractivity contribution < 1.29 is 9.90 Å². The summed E-state index contributed by atoms with van der Waals surface area (Å²) in [6.07, 6.45) is 1.41. The van der Waals surface area contributed by atoms with E-state index in [1.165, 1.54) is 6.20 Å². The topological polar surface area (TPSA) is 86.9 Å². The molecule has 2 heterocycles. The molecule has 3 rings (SSSR count). The molecule has 3 aromatic rings. The maximum Gasteiger partial charge on any atom is 0.355 e. The van der Waals surface area contributed by atoms with E-state index in [1.807, 2.05) is 24.3 Å². The van der Waals surface area contributed by atoms with Gasteiger partial charge in [0.15, 0.2) is 5.69 Å². The van der Waals surface area contributed by atoms with Crippen LogP contribution in [0, 0.1) is 11.3 Å². The maximum atomic E-state index is 11.3. The molecule has 2 aromatic heterocycles. The first-order valence-electron chi connectivity index (χ1n) is 6.19. The molecule has 0 atom stereocenters. The molecule has 0 aliphatic heterocycles. The van der Waals surface area contributed by atoms with Crippen molar-refractivity contribution in [1.82, 2.24) is 9.97 Å². The van der Waals surface area contributed by atoms with Gasteiger partial charge in [0.2, 0.25) is 0 Å². The summed E-state index contributed by atoms with van der Waals surface area (Å²) in [5.41, 5.74) is 1.65. The monoisotopic (exact) mass is 275 g/mol. The predicted octanol–water partition coefficient (Wildman–Crippen LogP) is 2.87. The minimum atomic E-state index is -1.14. The second-order valence-corrected chi connectivity index (χ2v) is 4.39. The minimum absolute atomic E-state index is 0.0916. The van der Waals surface area contributed by atoms with Gasteiger partial charge in [-0.2, -0.15) is 5.26 Å². The highest BCUT2D eigenvalue weighted by Crippen LogP contribution is 2.28. The number of aromatic carboxylic acids is 1. The number of para-hydroxylation sites is 1. The summed E-state index contributed by atoms with van der Waals surface area (Å²) >= 11 is 0. The van der Waals surface area contributed by atoms with E-state index in [-0.39, 0.29) is 11.4 Å². The lowest BCUT2D eigenvalue weighted by molar-refractivity contribution is 0.0691. The Hall–Kier alpha value is -3.26. The van der Waals surface area contributed by atoms with Crippen LogP contribution in [0.15, 0.2) is 48.7 Å². The molecule has 1 N–H and O–H groups in total. The van der Waals surface area contributed by atoms with Gasteiger partial charge < -0.3 is 5.11 Å². The van der Waals surface area contributed by atoms with E-state index in [4.69, 9.17) is 0 Å². The Morgan fingerprint density at radius 1 is 1.14 bits per heavy atom. The number of carbonyl (C=O) groups is 1. The molecule has 0 bridgehead atoms. The fourth-order valence-corrected chi connectivity index (χ4v) is 2.20. The zero-order valence-corrected chi connectivity index (χ0v) is 10.8. The summed E-state index contributed by atoms with van der Waals surface area (Å²) in [5, 5.41) is 19.4. The number of carboxylic acids is 1. The number of benzene rings is 1. The Bertz CT molecular complexity index is 897. The van der Waals surface area contributed by atoms with Crippen molar-refractivity contribution >= 4 is 16.9 Å². The Morgan fingerprint density at radius 3 is 2.71 bits per heavy atom. The molecular weight excluding hydrogens is 266 g/mol. The molecule has 0 aliphatic carbocycles. The zero-order chi connectivity index (χ0) is 14.8. The van der Waals surface area contributed by atoms with Crippen LogP contribution in [0.1, 0.15) is 16.2 Å². The van der Waals surface area contributed by atoms with E-state index in [0.717, 1.165) is 5.39 Å². The number of fused-ring (bicyclic) bond motifs is 1. The third kappa shape index (κ3) is 2.19. The first kappa shape index (κ1) is 12.8.